The number of benzene rings is 2. The van der Waals surface area contributed by atoms with Crippen LogP contribution in [0.5, 0.6) is 0 Å². The molecule has 0 spiro atoms. The molecule has 158 valence electrons. The molecule has 31 heavy (non-hydrogen) atoms. The number of rotatable bonds is 3. The second kappa shape index (κ2) is 7.82. The Labute approximate surface area is 180 Å². The first-order valence-corrected chi connectivity index (χ1v) is 10.6. The maximum Gasteiger partial charge on any atom is 0.242 e. The van der Waals surface area contributed by atoms with E-state index in [4.69, 9.17) is 0 Å². The SMILES string of the molecule is O=C(C1CC1)N1CC(=O)N2[C@@H](CO)[C@H](c3ccc(C#Cc4cccc(F)c4)cc3)[C@@H]2C1. The van der Waals surface area contributed by atoms with E-state index in [0.717, 1.165) is 24.0 Å². The summed E-state index contributed by atoms with van der Waals surface area (Å²) in [5.41, 5.74) is 2.43. The minimum absolute atomic E-state index is 0.0195. The van der Waals surface area contributed by atoms with Crippen molar-refractivity contribution < 1.29 is 19.1 Å². The van der Waals surface area contributed by atoms with Crippen molar-refractivity contribution in [2.75, 3.05) is 19.7 Å². The van der Waals surface area contributed by atoms with E-state index < -0.39 is 0 Å². The van der Waals surface area contributed by atoms with E-state index in [-0.39, 0.29) is 54.7 Å². The average molecular weight is 418 g/mol. The van der Waals surface area contributed by atoms with Gasteiger partial charge in [-0.3, -0.25) is 9.59 Å². The van der Waals surface area contributed by atoms with Crippen LogP contribution in [-0.2, 0) is 9.59 Å². The van der Waals surface area contributed by atoms with Gasteiger partial charge >= 0.3 is 0 Å². The number of fused-ring (bicyclic) bond motifs is 1. The normalized spacial score (nSPS) is 24.7. The standard InChI is InChI=1S/C25H23FN2O3/c26-20-3-1-2-17(12-20)5-4-16-6-8-18(9-7-16)24-21-13-27(25(31)19-10-11-19)14-23(30)28(21)22(24)15-29/h1-3,6-9,12,19,21-22,24,29H,10-11,13-15H2/t21-,22-,24+/m0/s1. The third-order valence-electron chi connectivity index (χ3n) is 6.46. The lowest BCUT2D eigenvalue weighted by Crippen LogP contribution is -2.73. The third kappa shape index (κ3) is 3.70. The van der Waals surface area contributed by atoms with Gasteiger partial charge < -0.3 is 14.9 Å². The number of piperazine rings is 1. The number of carbonyl (C=O) groups is 2. The van der Waals surface area contributed by atoms with Crippen molar-refractivity contribution in [2.45, 2.75) is 30.8 Å². The number of hydrogen-bond donors (Lipinski definition) is 1. The van der Waals surface area contributed by atoms with Crippen LogP contribution in [0.2, 0.25) is 0 Å². The molecule has 0 aromatic heterocycles. The van der Waals surface area contributed by atoms with Crippen molar-refractivity contribution in [3.8, 4) is 11.8 Å². The fourth-order valence-corrected chi connectivity index (χ4v) is 4.76. The molecule has 0 bridgehead atoms. The largest absolute Gasteiger partial charge is 0.394 e. The highest BCUT2D eigenvalue weighted by molar-refractivity contribution is 5.89. The van der Waals surface area contributed by atoms with E-state index in [1.165, 1.54) is 12.1 Å². The highest BCUT2D eigenvalue weighted by Gasteiger charge is 2.55. The van der Waals surface area contributed by atoms with Crippen molar-refractivity contribution in [3.05, 3.63) is 71.0 Å². The summed E-state index contributed by atoms with van der Waals surface area (Å²) >= 11 is 0. The molecule has 3 atom stereocenters. The van der Waals surface area contributed by atoms with Gasteiger partial charge in [-0.25, -0.2) is 4.39 Å². The highest BCUT2D eigenvalue weighted by atomic mass is 19.1. The Balaban J connectivity index is 1.34. The predicted octanol–water partition coefficient (Wildman–Crippen LogP) is 2.13. The van der Waals surface area contributed by atoms with Crippen LogP contribution >= 0.6 is 0 Å². The van der Waals surface area contributed by atoms with Gasteiger partial charge in [0.2, 0.25) is 11.8 Å². The van der Waals surface area contributed by atoms with Crippen LogP contribution in [0.15, 0.2) is 48.5 Å². The molecule has 0 radical (unpaired) electrons. The zero-order valence-corrected chi connectivity index (χ0v) is 17.0. The zero-order valence-electron chi connectivity index (χ0n) is 17.0. The lowest BCUT2D eigenvalue weighted by molar-refractivity contribution is -0.167. The summed E-state index contributed by atoms with van der Waals surface area (Å²) in [4.78, 5) is 28.6. The Bertz CT molecular complexity index is 1080. The summed E-state index contributed by atoms with van der Waals surface area (Å²) in [6.07, 6.45) is 1.83. The molecule has 6 heteroatoms. The van der Waals surface area contributed by atoms with Crippen LogP contribution in [0, 0.1) is 23.6 Å². The maximum atomic E-state index is 13.3. The predicted molar refractivity (Wildman–Crippen MR) is 112 cm³/mol. The summed E-state index contributed by atoms with van der Waals surface area (Å²) in [5, 5.41) is 9.91. The second-order valence-corrected chi connectivity index (χ2v) is 8.52. The van der Waals surface area contributed by atoms with Crippen molar-refractivity contribution in [1.29, 1.82) is 0 Å². The Hall–Kier alpha value is -3.17. The number of amides is 2. The topological polar surface area (TPSA) is 60.9 Å². The van der Waals surface area contributed by atoms with Crippen molar-refractivity contribution in [1.82, 2.24) is 9.80 Å². The van der Waals surface area contributed by atoms with Crippen molar-refractivity contribution >= 4 is 11.8 Å². The van der Waals surface area contributed by atoms with Gasteiger partial charge in [0.15, 0.2) is 0 Å². The lowest BCUT2D eigenvalue weighted by atomic mass is 9.73. The van der Waals surface area contributed by atoms with Gasteiger partial charge in [-0.2, -0.15) is 0 Å². The van der Waals surface area contributed by atoms with Crippen LogP contribution < -0.4 is 0 Å². The minimum atomic E-state index is -0.317. The first-order valence-electron chi connectivity index (χ1n) is 10.6. The van der Waals surface area contributed by atoms with Gasteiger partial charge in [-0.1, -0.05) is 30.0 Å². The maximum absolute atomic E-state index is 13.3. The molecule has 3 aliphatic rings. The average Bonchev–Trinajstić information content (AvgIpc) is 3.59. The van der Waals surface area contributed by atoms with E-state index in [1.807, 2.05) is 24.3 Å². The quantitative estimate of drug-likeness (QED) is 0.777. The minimum Gasteiger partial charge on any atom is -0.394 e. The smallest absolute Gasteiger partial charge is 0.242 e. The summed E-state index contributed by atoms with van der Waals surface area (Å²) in [6.45, 7) is 0.525. The zero-order chi connectivity index (χ0) is 21.5. The third-order valence-corrected chi connectivity index (χ3v) is 6.46. The van der Waals surface area contributed by atoms with Gasteiger partial charge in [0.25, 0.3) is 0 Å². The second-order valence-electron chi connectivity index (χ2n) is 8.52. The molecule has 5 rings (SSSR count). The monoisotopic (exact) mass is 418 g/mol. The molecule has 2 heterocycles. The summed E-state index contributed by atoms with van der Waals surface area (Å²) in [7, 11) is 0. The fourth-order valence-electron chi connectivity index (χ4n) is 4.76. The summed E-state index contributed by atoms with van der Waals surface area (Å²) in [5.74, 6) is 5.74. The Morgan fingerprint density at radius 1 is 1.10 bits per heavy atom. The summed E-state index contributed by atoms with van der Waals surface area (Å²) in [6, 6.07) is 13.5. The van der Waals surface area contributed by atoms with Crippen LogP contribution in [0.3, 0.4) is 0 Å². The Kier molecular flexibility index (Phi) is 4.99. The van der Waals surface area contributed by atoms with E-state index in [2.05, 4.69) is 11.8 Å². The summed E-state index contributed by atoms with van der Waals surface area (Å²) < 4.78 is 13.3. The number of halogens is 1. The van der Waals surface area contributed by atoms with E-state index in [0.29, 0.717) is 12.1 Å². The Morgan fingerprint density at radius 3 is 2.52 bits per heavy atom. The van der Waals surface area contributed by atoms with E-state index >= 15 is 0 Å². The highest BCUT2D eigenvalue weighted by Crippen LogP contribution is 2.43. The lowest BCUT2D eigenvalue weighted by Gasteiger charge is -2.58. The molecule has 2 aliphatic heterocycles. The number of aliphatic hydroxyl groups is 1. The van der Waals surface area contributed by atoms with Gasteiger partial charge in [-0.15, -0.1) is 0 Å². The van der Waals surface area contributed by atoms with Crippen LogP contribution in [0.25, 0.3) is 0 Å². The number of hydrogen-bond acceptors (Lipinski definition) is 3. The van der Waals surface area contributed by atoms with E-state index in [9.17, 15) is 19.1 Å². The molecule has 1 saturated carbocycles. The molecule has 3 fully saturated rings. The molecule has 2 amide bonds. The Morgan fingerprint density at radius 2 is 1.84 bits per heavy atom. The van der Waals surface area contributed by atoms with Crippen molar-refractivity contribution in [3.63, 3.8) is 0 Å². The first-order chi connectivity index (χ1) is 15.0. The van der Waals surface area contributed by atoms with Gasteiger partial charge in [0, 0.05) is 29.5 Å². The number of carbonyl (C=O) groups excluding carboxylic acids is 2. The van der Waals surface area contributed by atoms with Gasteiger partial charge in [0.05, 0.1) is 25.2 Å². The first kappa shape index (κ1) is 19.8. The molecule has 2 aromatic carbocycles. The molecule has 2 aromatic rings. The van der Waals surface area contributed by atoms with Crippen LogP contribution in [-0.4, -0.2) is 58.5 Å². The molecule has 1 N–H and O–H groups in total. The van der Waals surface area contributed by atoms with Crippen molar-refractivity contribution in [2.24, 2.45) is 5.92 Å². The van der Waals surface area contributed by atoms with Crippen LogP contribution in [0.1, 0.15) is 35.4 Å². The number of nitrogens with zero attached hydrogens (tertiary/aromatic N) is 2. The molecular weight excluding hydrogens is 395 g/mol. The van der Waals surface area contributed by atoms with Gasteiger partial charge in [-0.05, 0) is 48.7 Å². The molecule has 1 aliphatic carbocycles. The molecule has 5 nitrogen and oxygen atoms in total. The molecule has 0 unspecified atom stereocenters. The van der Waals surface area contributed by atoms with Crippen LogP contribution in [0.4, 0.5) is 4.39 Å². The van der Waals surface area contributed by atoms with E-state index in [1.54, 1.807) is 21.9 Å². The fraction of sp³-hybridized carbons (Fsp3) is 0.360. The molecule has 2 saturated heterocycles. The van der Waals surface area contributed by atoms with Gasteiger partial charge in [0.1, 0.15) is 5.82 Å². The number of aliphatic hydroxyl groups excluding tert-OH is 1. The molecular formula is C25H23FN2O3.